The predicted octanol–water partition coefficient (Wildman–Crippen LogP) is 12.8. The lowest BCUT2D eigenvalue weighted by atomic mass is 9.92. The zero-order chi connectivity index (χ0) is 34.4. The summed E-state index contributed by atoms with van der Waals surface area (Å²) in [6.45, 7) is 0. The lowest BCUT2D eigenvalue weighted by Gasteiger charge is -2.12. The lowest BCUT2D eigenvalue weighted by molar-refractivity contribution is 1.07. The van der Waals surface area contributed by atoms with Crippen molar-refractivity contribution >= 4 is 43.1 Å². The minimum absolute atomic E-state index is 0.642. The van der Waals surface area contributed by atoms with Gasteiger partial charge in [-0.05, 0) is 77.5 Å². The molecule has 3 heteroatoms. The molecule has 0 amide bonds. The van der Waals surface area contributed by atoms with Crippen LogP contribution >= 0.6 is 0 Å². The molecule has 10 aromatic rings. The van der Waals surface area contributed by atoms with E-state index in [0.29, 0.717) is 17.5 Å². The molecule has 0 aliphatic heterocycles. The Hall–Kier alpha value is -6.97. The molecule has 10 rings (SSSR count). The number of rotatable bonds is 5. The first-order chi connectivity index (χ1) is 25.7. The van der Waals surface area contributed by atoms with Crippen molar-refractivity contribution in [2.24, 2.45) is 0 Å². The van der Waals surface area contributed by atoms with Gasteiger partial charge in [0.15, 0.2) is 17.5 Å². The van der Waals surface area contributed by atoms with E-state index in [2.05, 4.69) is 152 Å². The first-order valence-corrected chi connectivity index (χ1v) is 17.6. The van der Waals surface area contributed by atoms with E-state index in [0.717, 1.165) is 33.4 Å². The summed E-state index contributed by atoms with van der Waals surface area (Å²) in [5.41, 5.74) is 7.42. The van der Waals surface area contributed by atoms with Gasteiger partial charge in [0, 0.05) is 16.7 Å². The van der Waals surface area contributed by atoms with Crippen LogP contribution in [0.1, 0.15) is 0 Å². The molecule has 242 valence electrons. The fourth-order valence-electron chi connectivity index (χ4n) is 7.45. The van der Waals surface area contributed by atoms with Crippen LogP contribution in [0.25, 0.3) is 99.5 Å². The number of hydrogen-bond acceptors (Lipinski definition) is 3. The summed E-state index contributed by atoms with van der Waals surface area (Å²) in [5.74, 6) is 1.94. The SMILES string of the molecule is c1ccc(-c2cccc(-c3nc(-c4ccccc4)nc(-c4ccc(-c5ccc6ccc7ccc8c9ccccc9ccc8c7c6c5)cc4)n3)c2)cc1. The van der Waals surface area contributed by atoms with E-state index in [-0.39, 0.29) is 0 Å². The second-order valence-corrected chi connectivity index (χ2v) is 13.2. The maximum absolute atomic E-state index is 5.04. The van der Waals surface area contributed by atoms with Crippen LogP contribution in [0.4, 0.5) is 0 Å². The number of nitrogens with zero attached hydrogens (tertiary/aromatic N) is 3. The molecule has 1 heterocycles. The van der Waals surface area contributed by atoms with E-state index in [1.54, 1.807) is 0 Å². The Morgan fingerprint density at radius 3 is 1.48 bits per heavy atom. The number of fused-ring (bicyclic) bond motifs is 7. The molecule has 0 fully saturated rings. The number of benzene rings is 9. The van der Waals surface area contributed by atoms with Gasteiger partial charge >= 0.3 is 0 Å². The van der Waals surface area contributed by atoms with Gasteiger partial charge in [-0.25, -0.2) is 15.0 Å². The topological polar surface area (TPSA) is 38.7 Å². The normalized spacial score (nSPS) is 11.5. The van der Waals surface area contributed by atoms with E-state index in [4.69, 9.17) is 15.0 Å². The Bertz CT molecular complexity index is 2930. The highest BCUT2D eigenvalue weighted by Crippen LogP contribution is 2.37. The molecule has 3 nitrogen and oxygen atoms in total. The van der Waals surface area contributed by atoms with Crippen molar-refractivity contribution in [2.75, 3.05) is 0 Å². The first-order valence-electron chi connectivity index (χ1n) is 17.6. The highest BCUT2D eigenvalue weighted by molar-refractivity contribution is 6.25. The third kappa shape index (κ3) is 5.28. The zero-order valence-electron chi connectivity index (χ0n) is 28.2. The van der Waals surface area contributed by atoms with Gasteiger partial charge < -0.3 is 0 Å². The summed E-state index contributed by atoms with van der Waals surface area (Å²) in [4.78, 5) is 15.0. The van der Waals surface area contributed by atoms with E-state index < -0.39 is 0 Å². The Balaban J connectivity index is 1.07. The number of hydrogen-bond donors (Lipinski definition) is 0. The minimum atomic E-state index is 0.642. The average Bonchev–Trinajstić information content (AvgIpc) is 3.23. The third-order valence-corrected chi connectivity index (χ3v) is 10.1. The van der Waals surface area contributed by atoms with Gasteiger partial charge in [-0.1, -0.05) is 176 Å². The van der Waals surface area contributed by atoms with Crippen LogP contribution in [-0.2, 0) is 0 Å². The standard InChI is InChI=1S/C49H31N3/c1-3-10-32(11-4-1)39-15-9-16-41(30-39)49-51-47(37-13-5-2-6-14-37)50-48(52-49)38-23-18-33(19-24-38)40-25-21-35-20-22-36-27-28-43-42-17-8-7-12-34(42)26-29-44(43)46(36)45(35)31-40/h1-31H. The van der Waals surface area contributed by atoms with Gasteiger partial charge in [0.25, 0.3) is 0 Å². The smallest absolute Gasteiger partial charge is 0.164 e. The van der Waals surface area contributed by atoms with Crippen LogP contribution in [-0.4, -0.2) is 15.0 Å². The van der Waals surface area contributed by atoms with Gasteiger partial charge in [-0.2, -0.15) is 0 Å². The zero-order valence-corrected chi connectivity index (χ0v) is 28.2. The monoisotopic (exact) mass is 661 g/mol. The van der Waals surface area contributed by atoms with E-state index in [1.165, 1.54) is 48.7 Å². The van der Waals surface area contributed by atoms with Crippen molar-refractivity contribution in [3.8, 4) is 56.4 Å². The molecule has 0 radical (unpaired) electrons. The van der Waals surface area contributed by atoms with E-state index >= 15 is 0 Å². The second-order valence-electron chi connectivity index (χ2n) is 13.2. The van der Waals surface area contributed by atoms with Crippen molar-refractivity contribution in [1.29, 1.82) is 0 Å². The van der Waals surface area contributed by atoms with Crippen molar-refractivity contribution in [3.63, 3.8) is 0 Å². The van der Waals surface area contributed by atoms with Crippen LogP contribution in [0.3, 0.4) is 0 Å². The van der Waals surface area contributed by atoms with Crippen LogP contribution in [0, 0.1) is 0 Å². The highest BCUT2D eigenvalue weighted by atomic mass is 15.0. The molecule has 0 aliphatic rings. The summed E-state index contributed by atoms with van der Waals surface area (Å²) in [6.07, 6.45) is 0. The van der Waals surface area contributed by atoms with Crippen LogP contribution < -0.4 is 0 Å². The molecular formula is C49H31N3. The maximum atomic E-state index is 5.04. The molecule has 52 heavy (non-hydrogen) atoms. The highest BCUT2D eigenvalue weighted by Gasteiger charge is 2.14. The fraction of sp³-hybridized carbons (Fsp3) is 0. The molecule has 1 aromatic heterocycles. The van der Waals surface area contributed by atoms with Crippen molar-refractivity contribution in [2.45, 2.75) is 0 Å². The van der Waals surface area contributed by atoms with E-state index in [9.17, 15) is 0 Å². The first kappa shape index (κ1) is 29.9. The van der Waals surface area contributed by atoms with Crippen LogP contribution in [0.5, 0.6) is 0 Å². The molecule has 0 bridgehead atoms. The minimum Gasteiger partial charge on any atom is -0.208 e. The van der Waals surface area contributed by atoms with Crippen LogP contribution in [0.15, 0.2) is 188 Å². The summed E-state index contributed by atoms with van der Waals surface area (Å²) < 4.78 is 0. The third-order valence-electron chi connectivity index (χ3n) is 10.1. The van der Waals surface area contributed by atoms with Gasteiger partial charge in [-0.3, -0.25) is 0 Å². The van der Waals surface area contributed by atoms with Gasteiger partial charge in [0.05, 0.1) is 0 Å². The van der Waals surface area contributed by atoms with Gasteiger partial charge in [0.1, 0.15) is 0 Å². The van der Waals surface area contributed by atoms with Crippen molar-refractivity contribution < 1.29 is 0 Å². The molecule has 0 saturated carbocycles. The Morgan fingerprint density at radius 2 is 0.692 bits per heavy atom. The molecule has 0 saturated heterocycles. The molecule has 0 atom stereocenters. The van der Waals surface area contributed by atoms with Gasteiger partial charge in [-0.15, -0.1) is 0 Å². The molecule has 0 aliphatic carbocycles. The molecule has 0 N–H and O–H groups in total. The quantitative estimate of drug-likeness (QED) is 0.172. The predicted molar refractivity (Wildman–Crippen MR) is 217 cm³/mol. The van der Waals surface area contributed by atoms with Crippen LogP contribution in [0.2, 0.25) is 0 Å². The van der Waals surface area contributed by atoms with E-state index in [1.807, 2.05) is 36.4 Å². The van der Waals surface area contributed by atoms with Crippen molar-refractivity contribution in [3.05, 3.63) is 188 Å². The summed E-state index contributed by atoms with van der Waals surface area (Å²) in [5, 5.41) is 10.1. The Labute approximate surface area is 301 Å². The Morgan fingerprint density at radius 1 is 0.231 bits per heavy atom. The number of aromatic nitrogens is 3. The lowest BCUT2D eigenvalue weighted by Crippen LogP contribution is -2.00. The largest absolute Gasteiger partial charge is 0.208 e. The summed E-state index contributed by atoms with van der Waals surface area (Å²) in [6, 6.07) is 66.5. The average molecular weight is 662 g/mol. The maximum Gasteiger partial charge on any atom is 0.164 e. The summed E-state index contributed by atoms with van der Waals surface area (Å²) in [7, 11) is 0. The summed E-state index contributed by atoms with van der Waals surface area (Å²) >= 11 is 0. The molecule has 0 spiro atoms. The second kappa shape index (κ2) is 12.4. The van der Waals surface area contributed by atoms with Gasteiger partial charge in [0.2, 0.25) is 0 Å². The fourth-order valence-corrected chi connectivity index (χ4v) is 7.45. The molecule has 9 aromatic carbocycles. The Kier molecular flexibility index (Phi) is 7.14. The molecular weight excluding hydrogens is 631 g/mol. The molecule has 0 unspecified atom stereocenters. The van der Waals surface area contributed by atoms with Crippen molar-refractivity contribution in [1.82, 2.24) is 15.0 Å².